The van der Waals surface area contributed by atoms with Gasteiger partial charge in [0.25, 0.3) is 0 Å². The molecule has 0 aliphatic carbocycles. The van der Waals surface area contributed by atoms with E-state index in [0.717, 1.165) is 11.1 Å². The quantitative estimate of drug-likeness (QED) is 0.536. The van der Waals surface area contributed by atoms with Gasteiger partial charge in [-0.2, -0.15) is 5.10 Å². The Bertz CT molecular complexity index is 970. The van der Waals surface area contributed by atoms with Crippen molar-refractivity contribution in [1.29, 1.82) is 0 Å². The summed E-state index contributed by atoms with van der Waals surface area (Å²) in [5.74, 6) is 1.16. The predicted molar refractivity (Wildman–Crippen MR) is 109 cm³/mol. The van der Waals surface area contributed by atoms with Gasteiger partial charge in [-0.25, -0.2) is 4.68 Å². The van der Waals surface area contributed by atoms with Crippen LogP contribution in [0, 0.1) is 11.7 Å². The number of benzene rings is 2. The standard InChI is InChI=1S/C19H21ClN4O2S/c1-3-25-17-9-14(10-22-24-12-21-23-19(24)27)8-16(20)18(17)26-11-15-7-5-4-6-13(15)2/h4-9,12,22H,3,10-11H2,1-2H3,(H,23,27). The fourth-order valence-corrected chi connectivity index (χ4v) is 3.04. The lowest BCUT2D eigenvalue weighted by Crippen LogP contribution is -2.13. The second-order valence-corrected chi connectivity index (χ2v) is 6.71. The van der Waals surface area contributed by atoms with Gasteiger partial charge in [-0.1, -0.05) is 35.9 Å². The van der Waals surface area contributed by atoms with E-state index in [1.165, 1.54) is 5.56 Å². The molecular formula is C19H21ClN4O2S. The third-order valence-electron chi connectivity index (χ3n) is 4.01. The summed E-state index contributed by atoms with van der Waals surface area (Å²) in [6.45, 7) is 5.43. The van der Waals surface area contributed by atoms with Crippen LogP contribution in [0.4, 0.5) is 0 Å². The first-order chi connectivity index (χ1) is 13.1. The maximum absolute atomic E-state index is 6.49. The summed E-state index contributed by atoms with van der Waals surface area (Å²) in [6, 6.07) is 11.9. The van der Waals surface area contributed by atoms with E-state index >= 15 is 0 Å². The lowest BCUT2D eigenvalue weighted by atomic mass is 10.1. The monoisotopic (exact) mass is 404 g/mol. The lowest BCUT2D eigenvalue weighted by Gasteiger charge is -2.16. The molecular weight excluding hydrogens is 384 g/mol. The molecule has 0 aliphatic heterocycles. The zero-order chi connectivity index (χ0) is 19.2. The Balaban J connectivity index is 1.78. The summed E-state index contributed by atoms with van der Waals surface area (Å²) < 4.78 is 13.9. The van der Waals surface area contributed by atoms with Gasteiger partial charge in [0, 0.05) is 0 Å². The van der Waals surface area contributed by atoms with E-state index < -0.39 is 0 Å². The first-order valence-electron chi connectivity index (χ1n) is 8.57. The fourth-order valence-electron chi connectivity index (χ4n) is 2.59. The molecule has 1 heterocycles. The van der Waals surface area contributed by atoms with E-state index in [2.05, 4.69) is 28.6 Å². The first-order valence-corrected chi connectivity index (χ1v) is 9.35. The summed E-state index contributed by atoms with van der Waals surface area (Å²) in [7, 11) is 0. The highest BCUT2D eigenvalue weighted by atomic mass is 35.5. The Morgan fingerprint density at radius 1 is 1.26 bits per heavy atom. The summed E-state index contributed by atoms with van der Waals surface area (Å²) >= 11 is 11.6. The van der Waals surface area contributed by atoms with Crippen LogP contribution in [0.3, 0.4) is 0 Å². The molecule has 3 rings (SSSR count). The smallest absolute Gasteiger partial charge is 0.214 e. The Labute approximate surface area is 168 Å². The molecule has 0 spiro atoms. The molecule has 2 aromatic carbocycles. The van der Waals surface area contributed by atoms with Crippen LogP contribution in [0.25, 0.3) is 0 Å². The second kappa shape index (κ2) is 8.92. The summed E-state index contributed by atoms with van der Waals surface area (Å²) in [5.41, 5.74) is 6.37. The zero-order valence-electron chi connectivity index (χ0n) is 15.2. The normalized spacial score (nSPS) is 10.6. The molecule has 142 valence electrons. The highest BCUT2D eigenvalue weighted by molar-refractivity contribution is 7.71. The minimum absolute atomic E-state index is 0.425. The number of halogens is 1. The number of ether oxygens (including phenoxy) is 2. The molecule has 0 saturated heterocycles. The van der Waals surface area contributed by atoms with E-state index in [1.54, 1.807) is 11.0 Å². The highest BCUT2D eigenvalue weighted by Crippen LogP contribution is 2.37. The molecule has 0 fully saturated rings. The molecule has 0 bridgehead atoms. The Morgan fingerprint density at radius 3 is 2.78 bits per heavy atom. The second-order valence-electron chi connectivity index (χ2n) is 5.92. The number of aryl methyl sites for hydroxylation is 1. The van der Waals surface area contributed by atoms with Crippen LogP contribution in [0.5, 0.6) is 11.5 Å². The van der Waals surface area contributed by atoms with Gasteiger partial charge in [-0.05, 0) is 54.9 Å². The Kier molecular flexibility index (Phi) is 6.36. The molecule has 6 nitrogen and oxygen atoms in total. The average molecular weight is 405 g/mol. The van der Waals surface area contributed by atoms with E-state index in [0.29, 0.717) is 41.1 Å². The topological polar surface area (TPSA) is 64.1 Å². The van der Waals surface area contributed by atoms with Crippen molar-refractivity contribution >= 4 is 23.8 Å². The van der Waals surface area contributed by atoms with Gasteiger partial charge in [-0.3, -0.25) is 5.10 Å². The van der Waals surface area contributed by atoms with E-state index in [1.807, 2.05) is 37.3 Å². The molecule has 3 aromatic rings. The fraction of sp³-hybridized carbons (Fsp3) is 0.263. The van der Waals surface area contributed by atoms with Gasteiger partial charge in [0.05, 0.1) is 18.2 Å². The molecule has 1 aromatic heterocycles. The van der Waals surface area contributed by atoms with Crippen molar-refractivity contribution in [2.45, 2.75) is 27.0 Å². The minimum Gasteiger partial charge on any atom is -0.490 e. The van der Waals surface area contributed by atoms with Crippen LogP contribution in [0.1, 0.15) is 23.6 Å². The van der Waals surface area contributed by atoms with Crippen LogP contribution in [0.15, 0.2) is 42.7 Å². The first kappa shape index (κ1) is 19.3. The van der Waals surface area contributed by atoms with Gasteiger partial charge in [0.2, 0.25) is 4.77 Å². The summed E-state index contributed by atoms with van der Waals surface area (Å²) in [5, 5.41) is 7.06. The van der Waals surface area contributed by atoms with E-state index in [4.69, 9.17) is 33.3 Å². The van der Waals surface area contributed by atoms with Crippen LogP contribution in [-0.4, -0.2) is 21.5 Å². The SMILES string of the molecule is CCOc1cc(CNn2cn[nH]c2=S)cc(Cl)c1OCc1ccccc1C. The van der Waals surface area contributed by atoms with Crippen LogP contribution in [-0.2, 0) is 13.2 Å². The van der Waals surface area contributed by atoms with Crippen molar-refractivity contribution < 1.29 is 9.47 Å². The zero-order valence-corrected chi connectivity index (χ0v) is 16.7. The molecule has 0 saturated carbocycles. The van der Waals surface area contributed by atoms with Gasteiger partial charge in [-0.15, -0.1) is 0 Å². The maximum atomic E-state index is 6.49. The van der Waals surface area contributed by atoms with Crippen molar-refractivity contribution in [3.8, 4) is 11.5 Å². The molecule has 0 radical (unpaired) electrons. The minimum atomic E-state index is 0.425. The van der Waals surface area contributed by atoms with Crippen LogP contribution < -0.4 is 14.9 Å². The number of H-pyrrole nitrogens is 1. The van der Waals surface area contributed by atoms with Gasteiger partial charge < -0.3 is 14.9 Å². The number of nitrogens with zero attached hydrogens (tertiary/aromatic N) is 2. The van der Waals surface area contributed by atoms with Gasteiger partial charge in [0.15, 0.2) is 11.5 Å². The molecule has 2 N–H and O–H groups in total. The largest absolute Gasteiger partial charge is 0.490 e. The van der Waals surface area contributed by atoms with Crippen LogP contribution >= 0.6 is 23.8 Å². The number of aromatic amines is 1. The lowest BCUT2D eigenvalue weighted by molar-refractivity contribution is 0.269. The maximum Gasteiger partial charge on any atom is 0.214 e. The molecule has 0 unspecified atom stereocenters. The Morgan fingerprint density at radius 2 is 2.07 bits per heavy atom. The third-order valence-corrected chi connectivity index (χ3v) is 4.58. The number of hydrogen-bond acceptors (Lipinski definition) is 5. The number of aromatic nitrogens is 3. The number of nitrogens with one attached hydrogen (secondary N) is 2. The van der Waals surface area contributed by atoms with Gasteiger partial charge >= 0.3 is 0 Å². The molecule has 27 heavy (non-hydrogen) atoms. The van der Waals surface area contributed by atoms with Gasteiger partial charge in [0.1, 0.15) is 12.9 Å². The summed E-state index contributed by atoms with van der Waals surface area (Å²) in [4.78, 5) is 0. The van der Waals surface area contributed by atoms with Crippen molar-refractivity contribution in [2.24, 2.45) is 0 Å². The van der Waals surface area contributed by atoms with Crippen molar-refractivity contribution in [2.75, 3.05) is 12.0 Å². The molecule has 0 amide bonds. The molecule has 0 aliphatic rings. The van der Waals surface area contributed by atoms with Crippen molar-refractivity contribution in [1.82, 2.24) is 14.9 Å². The third kappa shape index (κ3) is 4.81. The summed E-state index contributed by atoms with van der Waals surface area (Å²) in [6.07, 6.45) is 1.58. The predicted octanol–water partition coefficient (Wildman–Crippen LogP) is 4.62. The molecule has 0 atom stereocenters. The van der Waals surface area contributed by atoms with Crippen LogP contribution in [0.2, 0.25) is 5.02 Å². The number of hydrogen-bond donors (Lipinski definition) is 2. The molecule has 8 heteroatoms. The van der Waals surface area contributed by atoms with Crippen molar-refractivity contribution in [3.05, 3.63) is 69.2 Å². The number of rotatable bonds is 8. The van der Waals surface area contributed by atoms with Crippen molar-refractivity contribution in [3.63, 3.8) is 0 Å². The van der Waals surface area contributed by atoms with E-state index in [9.17, 15) is 0 Å². The Hall–Kier alpha value is -2.51. The highest BCUT2D eigenvalue weighted by Gasteiger charge is 2.13. The average Bonchev–Trinajstić information content (AvgIpc) is 3.06. The van der Waals surface area contributed by atoms with E-state index in [-0.39, 0.29) is 0 Å².